The highest BCUT2D eigenvalue weighted by Crippen LogP contribution is 2.32. The van der Waals surface area contributed by atoms with Crippen LogP contribution in [0, 0.1) is 5.41 Å². The Labute approximate surface area is 205 Å². The van der Waals surface area contributed by atoms with E-state index in [-0.39, 0.29) is 17.8 Å². The van der Waals surface area contributed by atoms with Crippen molar-refractivity contribution in [1.82, 2.24) is 16.3 Å². The van der Waals surface area contributed by atoms with Gasteiger partial charge in [0.15, 0.2) is 11.5 Å². The molecular weight excluding hydrogens is 446 g/mol. The molecule has 10 heteroatoms. The van der Waals surface area contributed by atoms with E-state index in [1.54, 1.807) is 29.7 Å². The smallest absolute Gasteiger partial charge is 0.265 e. The third kappa shape index (κ3) is 7.15. The van der Waals surface area contributed by atoms with E-state index in [0.29, 0.717) is 40.7 Å². The van der Waals surface area contributed by atoms with Crippen LogP contribution in [0.4, 0.5) is 5.69 Å². The molecule has 1 aliphatic rings. The predicted molar refractivity (Wildman–Crippen MR) is 135 cm³/mol. The van der Waals surface area contributed by atoms with Gasteiger partial charge in [-0.3, -0.25) is 21.1 Å². The number of hydrogen-bond donors (Lipinski definition) is 7. The number of hydrazine groups is 1. The van der Waals surface area contributed by atoms with Crippen molar-refractivity contribution < 1.29 is 19.7 Å². The first-order valence-electron chi connectivity index (χ1n) is 11.5. The van der Waals surface area contributed by atoms with Crippen LogP contribution in [0.3, 0.4) is 0 Å². The molecule has 1 atom stereocenters. The molecule has 186 valence electrons. The van der Waals surface area contributed by atoms with E-state index in [9.17, 15) is 4.79 Å². The SMILES string of the molecule is CCOc1cc(C(Nc2ccc(C(=N)N)cc2)C(=O)NNC2=CC=C(C)N[NH2+]2)ccc1OC(C)C. The fourth-order valence-corrected chi connectivity index (χ4v) is 3.32. The van der Waals surface area contributed by atoms with Crippen LogP contribution >= 0.6 is 0 Å². The molecule has 2 aromatic rings. The second-order valence-corrected chi connectivity index (χ2v) is 8.25. The summed E-state index contributed by atoms with van der Waals surface area (Å²) in [5.74, 6) is 1.56. The summed E-state index contributed by atoms with van der Waals surface area (Å²) in [5.41, 5.74) is 19.1. The van der Waals surface area contributed by atoms with Crippen LogP contribution in [-0.2, 0) is 4.79 Å². The van der Waals surface area contributed by atoms with E-state index in [2.05, 4.69) is 21.6 Å². The fourth-order valence-electron chi connectivity index (χ4n) is 3.32. The zero-order valence-electron chi connectivity index (χ0n) is 20.4. The molecule has 0 fully saturated rings. The molecule has 10 nitrogen and oxygen atoms in total. The minimum absolute atomic E-state index is 0.0208. The van der Waals surface area contributed by atoms with Gasteiger partial charge in [-0.2, -0.15) is 5.43 Å². The van der Waals surface area contributed by atoms with Gasteiger partial charge < -0.3 is 20.5 Å². The van der Waals surface area contributed by atoms with Crippen LogP contribution in [-0.4, -0.2) is 24.5 Å². The van der Waals surface area contributed by atoms with E-state index in [0.717, 1.165) is 5.70 Å². The number of nitrogens with two attached hydrogens (primary N) is 2. The van der Waals surface area contributed by atoms with Crippen molar-refractivity contribution in [1.29, 1.82) is 5.41 Å². The molecule has 0 saturated carbocycles. The minimum atomic E-state index is -0.757. The molecule has 1 amide bonds. The Hall–Kier alpha value is -4.18. The largest absolute Gasteiger partial charge is 0.490 e. The number of quaternary nitrogens is 1. The molecule has 9 N–H and O–H groups in total. The summed E-state index contributed by atoms with van der Waals surface area (Å²) in [4.78, 5) is 13.3. The van der Waals surface area contributed by atoms with Gasteiger partial charge in [0.25, 0.3) is 5.91 Å². The second kappa shape index (κ2) is 11.8. The quantitative estimate of drug-likeness (QED) is 0.112. The van der Waals surface area contributed by atoms with Crippen LogP contribution in [0.2, 0.25) is 0 Å². The Bertz CT molecular complexity index is 1110. The number of rotatable bonds is 11. The zero-order valence-corrected chi connectivity index (χ0v) is 20.4. The summed E-state index contributed by atoms with van der Waals surface area (Å²) >= 11 is 0. The van der Waals surface area contributed by atoms with Gasteiger partial charge in [0.1, 0.15) is 11.9 Å². The molecule has 35 heavy (non-hydrogen) atoms. The number of amides is 1. The van der Waals surface area contributed by atoms with Crippen LogP contribution in [0.5, 0.6) is 11.5 Å². The topological polar surface area (TPSA) is 150 Å². The maximum atomic E-state index is 13.3. The van der Waals surface area contributed by atoms with Crippen molar-refractivity contribution >= 4 is 17.4 Å². The molecule has 0 saturated heterocycles. The number of carbonyl (C=O) groups excluding carboxylic acids is 1. The lowest BCUT2D eigenvalue weighted by Crippen LogP contribution is -2.94. The molecule has 1 aliphatic heterocycles. The maximum Gasteiger partial charge on any atom is 0.265 e. The van der Waals surface area contributed by atoms with Crippen LogP contribution in [0.25, 0.3) is 0 Å². The van der Waals surface area contributed by atoms with Crippen molar-refractivity contribution in [2.45, 2.75) is 39.8 Å². The minimum Gasteiger partial charge on any atom is -0.490 e. The predicted octanol–water partition coefficient (Wildman–Crippen LogP) is 1.76. The van der Waals surface area contributed by atoms with Gasteiger partial charge in [0.05, 0.1) is 18.4 Å². The summed E-state index contributed by atoms with van der Waals surface area (Å²) < 4.78 is 11.7. The van der Waals surface area contributed by atoms with E-state index in [1.807, 2.05) is 58.0 Å². The van der Waals surface area contributed by atoms with E-state index in [4.69, 9.17) is 20.6 Å². The van der Waals surface area contributed by atoms with Gasteiger partial charge in [-0.05, 0) is 75.7 Å². The average Bonchev–Trinajstić information content (AvgIpc) is 2.83. The molecule has 1 unspecified atom stereocenters. The second-order valence-electron chi connectivity index (χ2n) is 8.25. The van der Waals surface area contributed by atoms with Crippen LogP contribution < -0.4 is 42.2 Å². The molecule has 2 aromatic carbocycles. The zero-order chi connectivity index (χ0) is 25.4. The highest BCUT2D eigenvalue weighted by molar-refractivity contribution is 5.95. The van der Waals surface area contributed by atoms with E-state index in [1.165, 1.54) is 0 Å². The number of nitrogen functional groups attached to an aromatic ring is 1. The van der Waals surface area contributed by atoms with Crippen LogP contribution in [0.15, 0.2) is 66.1 Å². The first kappa shape index (κ1) is 25.4. The first-order chi connectivity index (χ1) is 16.8. The van der Waals surface area contributed by atoms with Crippen molar-refractivity contribution in [2.24, 2.45) is 5.73 Å². The summed E-state index contributed by atoms with van der Waals surface area (Å²) in [7, 11) is 0. The molecular formula is C25H34N7O3+. The lowest BCUT2D eigenvalue weighted by atomic mass is 10.0. The third-order valence-electron chi connectivity index (χ3n) is 5.03. The Morgan fingerprint density at radius 2 is 1.89 bits per heavy atom. The number of allylic oxidation sites excluding steroid dienone is 3. The number of carbonyl (C=O) groups is 1. The van der Waals surface area contributed by atoms with Crippen molar-refractivity contribution in [2.75, 3.05) is 11.9 Å². The fraction of sp³-hybridized carbons (Fsp3) is 0.280. The summed E-state index contributed by atoms with van der Waals surface area (Å²) in [6.07, 6.45) is 3.75. The summed E-state index contributed by atoms with van der Waals surface area (Å²) in [6.45, 7) is 8.19. The van der Waals surface area contributed by atoms with Gasteiger partial charge in [-0.15, -0.1) is 0 Å². The molecule has 0 bridgehead atoms. The highest BCUT2D eigenvalue weighted by Gasteiger charge is 2.23. The third-order valence-corrected chi connectivity index (χ3v) is 5.03. The van der Waals surface area contributed by atoms with Gasteiger partial charge in [0, 0.05) is 17.3 Å². The number of ether oxygens (including phenoxy) is 2. The summed E-state index contributed by atoms with van der Waals surface area (Å²) in [6, 6.07) is 11.7. The van der Waals surface area contributed by atoms with Crippen molar-refractivity contribution in [3.63, 3.8) is 0 Å². The van der Waals surface area contributed by atoms with Gasteiger partial charge in [-0.25, -0.2) is 5.43 Å². The normalized spacial score (nSPS) is 13.6. The monoisotopic (exact) mass is 480 g/mol. The Morgan fingerprint density at radius 3 is 2.49 bits per heavy atom. The Balaban J connectivity index is 1.88. The standard InChI is InChI=1S/C25H33N7O3/c1-5-34-21-14-18(9-12-20(21)35-15(2)3)23(28-19-10-7-17(8-11-19)24(26)27)25(33)32-31-22-13-6-16(4)29-30-22/h6-15,23,28-31H,5H2,1-4H3,(H3,26,27)(H,32,33)/p+1. The molecule has 0 aliphatic carbocycles. The lowest BCUT2D eigenvalue weighted by Gasteiger charge is -2.23. The Kier molecular flexibility index (Phi) is 8.58. The first-order valence-corrected chi connectivity index (χ1v) is 11.5. The van der Waals surface area contributed by atoms with Crippen LogP contribution in [0.1, 0.15) is 44.9 Å². The molecule has 0 aromatic heterocycles. The van der Waals surface area contributed by atoms with Crippen molar-refractivity contribution in [3.8, 4) is 11.5 Å². The van der Waals surface area contributed by atoms with Gasteiger partial charge in [-0.1, -0.05) is 6.07 Å². The number of anilines is 1. The number of amidine groups is 1. The average molecular weight is 481 g/mol. The van der Waals surface area contributed by atoms with E-state index >= 15 is 0 Å². The number of benzene rings is 2. The number of hydrogen-bond acceptors (Lipinski definition) is 7. The van der Waals surface area contributed by atoms with Crippen molar-refractivity contribution in [3.05, 3.63) is 77.3 Å². The summed E-state index contributed by atoms with van der Waals surface area (Å²) in [5, 5.41) is 10.9. The highest BCUT2D eigenvalue weighted by atomic mass is 16.5. The molecule has 1 heterocycles. The Morgan fingerprint density at radius 1 is 1.14 bits per heavy atom. The molecule has 0 spiro atoms. The maximum absolute atomic E-state index is 13.3. The van der Waals surface area contributed by atoms with E-state index < -0.39 is 6.04 Å². The van der Waals surface area contributed by atoms with Gasteiger partial charge >= 0.3 is 0 Å². The lowest BCUT2D eigenvalue weighted by molar-refractivity contribution is -0.665. The number of nitrogens with one attached hydrogen (secondary N) is 5. The molecule has 0 radical (unpaired) electrons. The van der Waals surface area contributed by atoms with Gasteiger partial charge in [0.2, 0.25) is 5.82 Å². The molecule has 3 rings (SSSR count).